The van der Waals surface area contributed by atoms with Crippen LogP contribution in [0.15, 0.2) is 0 Å². The lowest BCUT2D eigenvalue weighted by Crippen LogP contribution is -2.25. The minimum atomic E-state index is -0.355. The van der Waals surface area contributed by atoms with Crippen molar-refractivity contribution in [1.82, 2.24) is 4.57 Å². The van der Waals surface area contributed by atoms with E-state index in [0.717, 1.165) is 43.4 Å². The van der Waals surface area contributed by atoms with Gasteiger partial charge in [0.05, 0.1) is 17.7 Å². The normalized spacial score (nSPS) is 24.6. The minimum absolute atomic E-state index is 0.0216. The van der Waals surface area contributed by atoms with Gasteiger partial charge in [-0.1, -0.05) is 19.3 Å². The second-order valence-corrected chi connectivity index (χ2v) is 5.23. The Bertz CT molecular complexity index is 484. The highest BCUT2D eigenvalue weighted by molar-refractivity contribution is 5.58. The quantitative estimate of drug-likeness (QED) is 0.748. The lowest BCUT2D eigenvalue weighted by Gasteiger charge is -2.25. The molecule has 3 N–H and O–H groups in total. The Kier molecular flexibility index (Phi) is 3.63. The zero-order chi connectivity index (χ0) is 13.3. The van der Waals surface area contributed by atoms with Crippen LogP contribution < -0.4 is 5.73 Å². The van der Waals surface area contributed by atoms with Gasteiger partial charge in [0.2, 0.25) is 0 Å². The van der Waals surface area contributed by atoms with Crippen molar-refractivity contribution in [2.45, 2.75) is 58.1 Å². The van der Waals surface area contributed by atoms with E-state index in [9.17, 15) is 5.11 Å². The maximum atomic E-state index is 10.3. The number of nitriles is 1. The summed E-state index contributed by atoms with van der Waals surface area (Å²) >= 11 is 0. The molecule has 98 valence electrons. The zero-order valence-corrected chi connectivity index (χ0v) is 11.1. The third-order valence-electron chi connectivity index (χ3n) is 4.18. The SMILES string of the molecule is Cc1c(C#N)c(N)n(C2CCCCCC2O)c1C. The molecule has 1 aliphatic rings. The molecule has 1 aromatic heterocycles. The average Bonchev–Trinajstić information content (AvgIpc) is 2.50. The summed E-state index contributed by atoms with van der Waals surface area (Å²) in [5.74, 6) is 0.512. The molecule has 1 saturated carbocycles. The third kappa shape index (κ3) is 1.99. The molecule has 1 fully saturated rings. The molecule has 1 heterocycles. The molecular formula is C14H21N3O. The molecule has 0 saturated heterocycles. The Morgan fingerprint density at radius 1 is 1.28 bits per heavy atom. The molecule has 0 bridgehead atoms. The van der Waals surface area contributed by atoms with Crippen molar-refractivity contribution in [1.29, 1.82) is 5.26 Å². The van der Waals surface area contributed by atoms with Gasteiger partial charge >= 0.3 is 0 Å². The van der Waals surface area contributed by atoms with Crippen molar-refractivity contribution < 1.29 is 5.11 Å². The van der Waals surface area contributed by atoms with Gasteiger partial charge in [0.1, 0.15) is 11.9 Å². The summed E-state index contributed by atoms with van der Waals surface area (Å²) in [7, 11) is 0. The Balaban J connectivity index is 2.47. The molecule has 2 rings (SSSR count). The summed E-state index contributed by atoms with van der Waals surface area (Å²) < 4.78 is 1.98. The Labute approximate surface area is 108 Å². The van der Waals surface area contributed by atoms with Crippen molar-refractivity contribution in [2.75, 3.05) is 5.73 Å². The number of hydrogen-bond donors (Lipinski definition) is 2. The van der Waals surface area contributed by atoms with E-state index < -0.39 is 0 Å². The van der Waals surface area contributed by atoms with Gasteiger partial charge < -0.3 is 15.4 Å². The van der Waals surface area contributed by atoms with Crippen LogP contribution in [0, 0.1) is 25.2 Å². The summed E-state index contributed by atoms with van der Waals surface area (Å²) in [6.07, 6.45) is 4.75. The first-order valence-corrected chi connectivity index (χ1v) is 6.63. The van der Waals surface area contributed by atoms with Gasteiger partial charge in [0, 0.05) is 5.69 Å². The molecule has 2 atom stereocenters. The predicted molar refractivity (Wildman–Crippen MR) is 71.2 cm³/mol. The molecule has 0 aliphatic heterocycles. The molecule has 1 aliphatic carbocycles. The van der Waals surface area contributed by atoms with E-state index in [4.69, 9.17) is 11.0 Å². The molecule has 0 radical (unpaired) electrons. The highest BCUT2D eigenvalue weighted by Gasteiger charge is 2.28. The highest BCUT2D eigenvalue weighted by Crippen LogP contribution is 2.34. The largest absolute Gasteiger partial charge is 0.391 e. The monoisotopic (exact) mass is 247 g/mol. The number of aliphatic hydroxyl groups excluding tert-OH is 1. The van der Waals surface area contributed by atoms with Gasteiger partial charge in [-0.25, -0.2) is 0 Å². The fourth-order valence-corrected chi connectivity index (χ4v) is 2.99. The maximum absolute atomic E-state index is 10.3. The van der Waals surface area contributed by atoms with E-state index in [-0.39, 0.29) is 12.1 Å². The Hall–Kier alpha value is -1.47. The zero-order valence-electron chi connectivity index (χ0n) is 11.1. The van der Waals surface area contributed by atoms with Crippen LogP contribution in [0.25, 0.3) is 0 Å². The van der Waals surface area contributed by atoms with E-state index in [0.29, 0.717) is 11.4 Å². The first-order valence-electron chi connectivity index (χ1n) is 6.63. The van der Waals surface area contributed by atoms with Gasteiger partial charge in [-0.2, -0.15) is 5.26 Å². The predicted octanol–water partition coefficient (Wildman–Crippen LogP) is 2.42. The summed E-state index contributed by atoms with van der Waals surface area (Å²) in [5, 5.41) is 19.4. The van der Waals surface area contributed by atoms with Crippen molar-refractivity contribution in [3.05, 3.63) is 16.8 Å². The van der Waals surface area contributed by atoms with Crippen LogP contribution in [-0.4, -0.2) is 15.8 Å². The molecule has 18 heavy (non-hydrogen) atoms. The van der Waals surface area contributed by atoms with Gasteiger partial charge in [0.25, 0.3) is 0 Å². The third-order valence-corrected chi connectivity index (χ3v) is 4.18. The van der Waals surface area contributed by atoms with E-state index in [2.05, 4.69) is 6.07 Å². The number of nitrogens with two attached hydrogens (primary N) is 1. The van der Waals surface area contributed by atoms with Crippen LogP contribution in [0.2, 0.25) is 0 Å². The average molecular weight is 247 g/mol. The number of rotatable bonds is 1. The number of aliphatic hydroxyl groups is 1. The topological polar surface area (TPSA) is 75.0 Å². The summed E-state index contributed by atoms with van der Waals surface area (Å²) in [6.45, 7) is 3.90. The Morgan fingerprint density at radius 2 is 1.94 bits per heavy atom. The minimum Gasteiger partial charge on any atom is -0.391 e. The second-order valence-electron chi connectivity index (χ2n) is 5.23. The molecule has 4 heteroatoms. The van der Waals surface area contributed by atoms with Crippen molar-refractivity contribution in [3.63, 3.8) is 0 Å². The highest BCUT2D eigenvalue weighted by atomic mass is 16.3. The van der Waals surface area contributed by atoms with E-state index in [1.165, 1.54) is 0 Å². The smallest absolute Gasteiger partial charge is 0.122 e. The fourth-order valence-electron chi connectivity index (χ4n) is 2.99. The maximum Gasteiger partial charge on any atom is 0.122 e. The van der Waals surface area contributed by atoms with Crippen LogP contribution in [0.5, 0.6) is 0 Å². The molecule has 0 aromatic carbocycles. The first-order chi connectivity index (χ1) is 8.57. The van der Waals surface area contributed by atoms with Crippen LogP contribution >= 0.6 is 0 Å². The molecular weight excluding hydrogens is 226 g/mol. The molecule has 0 spiro atoms. The molecule has 2 unspecified atom stereocenters. The molecule has 1 aromatic rings. The van der Waals surface area contributed by atoms with Crippen molar-refractivity contribution >= 4 is 5.82 Å². The lowest BCUT2D eigenvalue weighted by molar-refractivity contribution is 0.105. The number of aromatic nitrogens is 1. The van der Waals surface area contributed by atoms with Crippen LogP contribution in [0.1, 0.15) is 55.0 Å². The summed E-state index contributed by atoms with van der Waals surface area (Å²) in [6, 6.07) is 2.19. The number of hydrogen-bond acceptors (Lipinski definition) is 3. The van der Waals surface area contributed by atoms with Crippen LogP contribution in [0.3, 0.4) is 0 Å². The summed E-state index contributed by atoms with van der Waals surface area (Å²) in [5.41, 5.74) is 8.59. The fraction of sp³-hybridized carbons (Fsp3) is 0.643. The first kappa shape index (κ1) is 13.0. The standard InChI is InChI=1S/C14H21N3O/c1-9-10(2)17(14(16)11(9)8-15)12-6-4-3-5-7-13(12)18/h12-13,18H,3-7,16H2,1-2H3. The number of anilines is 1. The van der Waals surface area contributed by atoms with Crippen LogP contribution in [-0.2, 0) is 0 Å². The van der Waals surface area contributed by atoms with E-state index in [1.54, 1.807) is 0 Å². The van der Waals surface area contributed by atoms with Gasteiger partial charge in [-0.15, -0.1) is 0 Å². The van der Waals surface area contributed by atoms with E-state index >= 15 is 0 Å². The van der Waals surface area contributed by atoms with Gasteiger partial charge in [-0.05, 0) is 32.3 Å². The second kappa shape index (κ2) is 5.03. The van der Waals surface area contributed by atoms with Crippen molar-refractivity contribution in [2.24, 2.45) is 0 Å². The molecule has 4 nitrogen and oxygen atoms in total. The van der Waals surface area contributed by atoms with Crippen LogP contribution in [0.4, 0.5) is 5.82 Å². The Morgan fingerprint density at radius 3 is 2.56 bits per heavy atom. The molecule has 0 amide bonds. The van der Waals surface area contributed by atoms with E-state index in [1.807, 2.05) is 18.4 Å². The lowest BCUT2D eigenvalue weighted by atomic mass is 10.1. The number of nitrogens with zero attached hydrogens (tertiary/aromatic N) is 2. The summed E-state index contributed by atoms with van der Waals surface area (Å²) in [4.78, 5) is 0. The van der Waals surface area contributed by atoms with Gasteiger partial charge in [-0.3, -0.25) is 0 Å². The van der Waals surface area contributed by atoms with Gasteiger partial charge in [0.15, 0.2) is 0 Å². The van der Waals surface area contributed by atoms with Crippen molar-refractivity contribution in [3.8, 4) is 6.07 Å². The number of nitrogen functional groups attached to an aromatic ring is 1.